The van der Waals surface area contributed by atoms with Gasteiger partial charge in [0, 0.05) is 4.90 Å². The molecule has 0 unspecified atom stereocenters. The monoisotopic (exact) mass is 466 g/mol. The minimum atomic E-state index is -4.59. The summed E-state index contributed by atoms with van der Waals surface area (Å²) in [6.45, 7) is 0. The number of benzene rings is 2. The van der Waals surface area contributed by atoms with Gasteiger partial charge >= 0.3 is 0 Å². The van der Waals surface area contributed by atoms with Crippen molar-refractivity contribution < 1.29 is 42.2 Å². The van der Waals surface area contributed by atoms with Crippen molar-refractivity contribution >= 4 is 57.0 Å². The average molecular weight is 466 g/mol. The van der Waals surface area contributed by atoms with Gasteiger partial charge in [-0.1, -0.05) is 10.1 Å². The summed E-state index contributed by atoms with van der Waals surface area (Å²) in [6.07, 6.45) is 0. The van der Waals surface area contributed by atoms with Gasteiger partial charge in [0.15, 0.2) is 0 Å². The topological polar surface area (TPSA) is 195 Å². The molecule has 0 saturated heterocycles. The van der Waals surface area contributed by atoms with Crippen molar-refractivity contribution in [1.82, 2.24) is 0 Å². The van der Waals surface area contributed by atoms with Gasteiger partial charge in [-0.15, -0.1) is 13.8 Å². The second-order valence-corrected chi connectivity index (χ2v) is 7.71. The van der Waals surface area contributed by atoms with E-state index in [-0.39, 0.29) is 22.9 Å². The third kappa shape index (κ3) is 7.40. The maximum atomic E-state index is 11.5. The second-order valence-electron chi connectivity index (χ2n) is 4.88. The summed E-state index contributed by atoms with van der Waals surface area (Å²) in [6, 6.07) is 8.64. The maximum Gasteiger partial charge on any atom is 0.296 e. The molecule has 2 rings (SSSR count). The molecule has 0 aliphatic heterocycles. The Bertz CT molecular complexity index is 941. The first-order valence-electron chi connectivity index (χ1n) is 7.26. The van der Waals surface area contributed by atoms with Gasteiger partial charge in [-0.2, -0.15) is 13.5 Å². The summed E-state index contributed by atoms with van der Waals surface area (Å²) >= 11 is 1.45. The zero-order valence-corrected chi connectivity index (χ0v) is 16.6. The normalized spacial score (nSPS) is 11.8. The molecule has 0 spiro atoms. The number of nitrogens with one attached hydrogen (secondary N) is 1. The molecule has 158 valence electrons. The fourth-order valence-electron chi connectivity index (χ4n) is 1.92. The minimum Gasteiger partial charge on any atom is -0.398 e. The molecule has 13 nitrogen and oxygen atoms in total. The number of anilines is 2. The fraction of sp³-hybridized carbons (Fsp3) is 0.0769. The van der Waals surface area contributed by atoms with Crippen LogP contribution >= 0.6 is 24.1 Å². The Kier molecular flexibility index (Phi) is 9.04. The molecule has 0 atom stereocenters. The van der Waals surface area contributed by atoms with Gasteiger partial charge in [-0.3, -0.25) is 4.55 Å². The SMILES string of the molecule is Nc1cc(NCSOOO)c(N=Nc2ccc(SOOO)cc2)cc1S(=O)(=O)O. The molecule has 0 radical (unpaired) electrons. The van der Waals surface area contributed by atoms with Gasteiger partial charge in [0.1, 0.15) is 10.6 Å². The van der Waals surface area contributed by atoms with Crippen molar-refractivity contribution in [1.29, 1.82) is 0 Å². The Balaban J connectivity index is 2.28. The van der Waals surface area contributed by atoms with Gasteiger partial charge in [0.2, 0.25) is 0 Å². The third-order valence-corrected chi connectivity index (χ3v) is 5.00. The highest BCUT2D eigenvalue weighted by Gasteiger charge is 2.17. The lowest BCUT2D eigenvalue weighted by atomic mass is 10.2. The Morgan fingerprint density at radius 2 is 1.76 bits per heavy atom. The molecule has 0 aliphatic carbocycles. The van der Waals surface area contributed by atoms with E-state index < -0.39 is 15.0 Å². The fourth-order valence-corrected chi connectivity index (χ4v) is 3.20. The highest BCUT2D eigenvalue weighted by Crippen LogP contribution is 2.34. The van der Waals surface area contributed by atoms with E-state index in [4.69, 9.17) is 16.2 Å². The summed E-state index contributed by atoms with van der Waals surface area (Å²) in [5.74, 6) is 0.0621. The standard InChI is InChI=1S/C13H14N4O9S3/c14-10-5-11(15-7-27-25-23-18)12(6-13(10)29(20,21)22)17-16-8-1-3-9(4-2-8)28-26-24-19/h1-6,15,18-19H,7,14H2,(H,20,21,22). The van der Waals surface area contributed by atoms with E-state index in [1.807, 2.05) is 0 Å². The van der Waals surface area contributed by atoms with Crippen LogP contribution in [0.2, 0.25) is 0 Å². The number of hydrogen-bond donors (Lipinski definition) is 5. The molecular formula is C13H14N4O9S3. The van der Waals surface area contributed by atoms with E-state index in [0.29, 0.717) is 22.6 Å². The smallest absolute Gasteiger partial charge is 0.296 e. The van der Waals surface area contributed by atoms with Crippen molar-refractivity contribution in [3.63, 3.8) is 0 Å². The van der Waals surface area contributed by atoms with Gasteiger partial charge in [-0.25, -0.2) is 10.5 Å². The van der Waals surface area contributed by atoms with Gasteiger partial charge < -0.3 is 11.1 Å². The van der Waals surface area contributed by atoms with Crippen LogP contribution in [-0.2, 0) is 28.9 Å². The summed E-state index contributed by atoms with van der Waals surface area (Å²) in [4.78, 5) is 0.0668. The number of rotatable bonds is 11. The zero-order chi connectivity index (χ0) is 21.3. The number of nitrogens with two attached hydrogens (primary N) is 1. The van der Waals surface area contributed by atoms with Crippen molar-refractivity contribution in [3.05, 3.63) is 36.4 Å². The predicted molar refractivity (Wildman–Crippen MR) is 103 cm³/mol. The number of nitrogens with zero attached hydrogens (tertiary/aromatic N) is 2. The molecule has 16 heteroatoms. The molecule has 0 fully saturated rings. The van der Waals surface area contributed by atoms with E-state index in [9.17, 15) is 13.0 Å². The molecule has 0 saturated carbocycles. The van der Waals surface area contributed by atoms with Crippen molar-refractivity contribution in [2.45, 2.75) is 9.79 Å². The van der Waals surface area contributed by atoms with Gasteiger partial charge in [-0.05, 0) is 36.4 Å². The lowest BCUT2D eigenvalue weighted by molar-refractivity contribution is -0.432. The van der Waals surface area contributed by atoms with E-state index in [0.717, 1.165) is 18.1 Å². The maximum absolute atomic E-state index is 11.5. The summed E-state index contributed by atoms with van der Waals surface area (Å²) < 4.78 is 40.8. The second kappa shape index (κ2) is 11.3. The molecule has 0 heterocycles. The lowest BCUT2D eigenvalue weighted by Crippen LogP contribution is -2.05. The Hall–Kier alpha value is -1.99. The van der Waals surface area contributed by atoms with Crippen molar-refractivity contribution in [3.8, 4) is 0 Å². The van der Waals surface area contributed by atoms with Crippen LogP contribution in [0.5, 0.6) is 0 Å². The molecule has 29 heavy (non-hydrogen) atoms. The van der Waals surface area contributed by atoms with Gasteiger partial charge in [0.25, 0.3) is 10.1 Å². The highest BCUT2D eigenvalue weighted by molar-refractivity contribution is 7.94. The van der Waals surface area contributed by atoms with E-state index in [1.165, 1.54) is 6.07 Å². The predicted octanol–water partition coefficient (Wildman–Crippen LogP) is 3.80. The third-order valence-electron chi connectivity index (χ3n) is 3.08. The van der Waals surface area contributed by atoms with Crippen molar-refractivity contribution in [2.75, 3.05) is 16.9 Å². The van der Waals surface area contributed by atoms with Gasteiger partial charge in [0.05, 0.1) is 47.0 Å². The molecular weight excluding hydrogens is 452 g/mol. The summed E-state index contributed by atoms with van der Waals surface area (Å²) in [7, 11) is -4.59. The van der Waals surface area contributed by atoms with Crippen LogP contribution in [0.1, 0.15) is 0 Å². The number of azo groups is 1. The minimum absolute atomic E-state index is 0.0489. The lowest BCUT2D eigenvalue weighted by Gasteiger charge is -2.11. The summed E-state index contributed by atoms with van der Waals surface area (Å²) in [5.41, 5.74) is 6.18. The molecule has 6 N–H and O–H groups in total. The van der Waals surface area contributed by atoms with Crippen LogP contribution in [-0.4, -0.2) is 29.4 Å². The van der Waals surface area contributed by atoms with Crippen LogP contribution in [0, 0.1) is 0 Å². The average Bonchev–Trinajstić information content (AvgIpc) is 2.68. The quantitative estimate of drug-likeness (QED) is 0.0469. The molecule has 0 aromatic heterocycles. The Labute approximate surface area is 172 Å². The van der Waals surface area contributed by atoms with E-state index in [1.54, 1.807) is 24.3 Å². The van der Waals surface area contributed by atoms with E-state index in [2.05, 4.69) is 34.3 Å². The molecule has 2 aromatic rings. The van der Waals surface area contributed by atoms with Crippen LogP contribution in [0.25, 0.3) is 0 Å². The molecule has 0 bridgehead atoms. The van der Waals surface area contributed by atoms with Crippen LogP contribution in [0.4, 0.5) is 22.7 Å². The Morgan fingerprint density at radius 3 is 2.38 bits per heavy atom. The summed E-state index contributed by atoms with van der Waals surface area (Å²) in [5, 5.41) is 34.0. The van der Waals surface area contributed by atoms with Crippen molar-refractivity contribution in [2.24, 2.45) is 10.2 Å². The molecule has 0 aliphatic rings. The van der Waals surface area contributed by atoms with Crippen LogP contribution in [0.15, 0.2) is 56.4 Å². The Morgan fingerprint density at radius 1 is 1.07 bits per heavy atom. The highest BCUT2D eigenvalue weighted by atomic mass is 32.2. The largest absolute Gasteiger partial charge is 0.398 e. The zero-order valence-electron chi connectivity index (χ0n) is 14.2. The number of hydrogen-bond acceptors (Lipinski definition) is 14. The first-order valence-corrected chi connectivity index (χ1v) is 10.4. The first kappa shape index (κ1) is 23.3. The van der Waals surface area contributed by atoms with Crippen LogP contribution in [0.3, 0.4) is 0 Å². The van der Waals surface area contributed by atoms with E-state index >= 15 is 0 Å². The first-order chi connectivity index (χ1) is 13.8. The number of nitrogen functional groups attached to an aromatic ring is 1. The molecule has 0 amide bonds. The van der Waals surface area contributed by atoms with Crippen LogP contribution < -0.4 is 11.1 Å². The molecule has 2 aromatic carbocycles.